The summed E-state index contributed by atoms with van der Waals surface area (Å²) >= 11 is 0. The van der Waals surface area contributed by atoms with Crippen LogP contribution in [0.25, 0.3) is 5.69 Å². The summed E-state index contributed by atoms with van der Waals surface area (Å²) in [5.74, 6) is 0.821. The second kappa shape index (κ2) is 7.03. The summed E-state index contributed by atoms with van der Waals surface area (Å²) < 4.78 is 1.82. The molecular formula is C19H22N6. The molecule has 1 fully saturated rings. The Hall–Kier alpha value is -2.73. The first kappa shape index (κ1) is 15.8. The highest BCUT2D eigenvalue weighted by molar-refractivity contribution is 5.40. The molecule has 0 aliphatic carbocycles. The van der Waals surface area contributed by atoms with E-state index in [0.29, 0.717) is 0 Å². The van der Waals surface area contributed by atoms with E-state index in [9.17, 15) is 0 Å². The van der Waals surface area contributed by atoms with Crippen molar-refractivity contribution in [1.29, 1.82) is 0 Å². The maximum absolute atomic E-state index is 4.25. The highest BCUT2D eigenvalue weighted by Crippen LogP contribution is 2.18. The molecular weight excluding hydrogens is 312 g/mol. The van der Waals surface area contributed by atoms with E-state index < -0.39 is 0 Å². The molecule has 0 spiro atoms. The molecule has 1 aromatic heterocycles. The van der Waals surface area contributed by atoms with Crippen molar-refractivity contribution in [3.63, 3.8) is 0 Å². The highest BCUT2D eigenvalue weighted by Gasteiger charge is 2.22. The second-order valence-corrected chi connectivity index (χ2v) is 6.48. The topological polar surface area (TPSA) is 50.1 Å². The van der Waals surface area contributed by atoms with Gasteiger partial charge in [-0.15, -0.1) is 0 Å². The van der Waals surface area contributed by atoms with Crippen molar-refractivity contribution in [1.82, 2.24) is 25.1 Å². The lowest BCUT2D eigenvalue weighted by Gasteiger charge is -2.34. The van der Waals surface area contributed by atoms with Crippen molar-refractivity contribution in [3.8, 4) is 5.69 Å². The van der Waals surface area contributed by atoms with Gasteiger partial charge in [-0.3, -0.25) is 4.90 Å². The van der Waals surface area contributed by atoms with E-state index >= 15 is 0 Å². The van der Waals surface area contributed by atoms with E-state index in [4.69, 9.17) is 0 Å². The van der Waals surface area contributed by atoms with Gasteiger partial charge in [0.25, 0.3) is 0 Å². The smallest absolute Gasteiger partial charge is 0.250 e. The molecule has 0 radical (unpaired) electrons. The number of aromatic nitrogens is 4. The van der Waals surface area contributed by atoms with Gasteiger partial charge in [-0.1, -0.05) is 53.1 Å². The molecule has 6 heteroatoms. The van der Waals surface area contributed by atoms with Crippen LogP contribution in [0.15, 0.2) is 54.6 Å². The fourth-order valence-corrected chi connectivity index (χ4v) is 3.29. The normalized spacial score (nSPS) is 15.5. The third-order valence-electron chi connectivity index (χ3n) is 4.60. The molecule has 0 saturated carbocycles. The number of benzene rings is 2. The summed E-state index contributed by atoms with van der Waals surface area (Å²) in [6, 6.07) is 18.8. The van der Waals surface area contributed by atoms with Gasteiger partial charge < -0.3 is 4.90 Å². The Kier molecular flexibility index (Phi) is 4.43. The average molecular weight is 334 g/mol. The standard InChI is InChI=1S/C19H22N6/c1-16-6-5-7-17(14-16)15-23-10-12-24(13-11-23)19-20-21-22-25(19)18-8-3-2-4-9-18/h2-9,14H,10-13,15H2,1H3. The number of tetrazole rings is 1. The fraction of sp³-hybridized carbons (Fsp3) is 0.316. The van der Waals surface area contributed by atoms with E-state index in [0.717, 1.165) is 44.4 Å². The Morgan fingerprint density at radius 2 is 1.72 bits per heavy atom. The minimum absolute atomic E-state index is 0.821. The number of hydrogen-bond acceptors (Lipinski definition) is 5. The van der Waals surface area contributed by atoms with Crippen molar-refractivity contribution in [2.24, 2.45) is 0 Å². The molecule has 0 amide bonds. The molecule has 128 valence electrons. The maximum Gasteiger partial charge on any atom is 0.250 e. The molecule has 4 rings (SSSR count). The third kappa shape index (κ3) is 3.53. The quantitative estimate of drug-likeness (QED) is 0.733. The number of piperazine rings is 1. The summed E-state index contributed by atoms with van der Waals surface area (Å²) in [7, 11) is 0. The van der Waals surface area contributed by atoms with Gasteiger partial charge in [0, 0.05) is 32.7 Å². The Morgan fingerprint density at radius 1 is 0.920 bits per heavy atom. The summed E-state index contributed by atoms with van der Waals surface area (Å²) in [5.41, 5.74) is 3.69. The number of hydrogen-bond donors (Lipinski definition) is 0. The Balaban J connectivity index is 1.42. The number of rotatable bonds is 4. The van der Waals surface area contributed by atoms with Crippen LogP contribution in [0.2, 0.25) is 0 Å². The van der Waals surface area contributed by atoms with Crippen molar-refractivity contribution < 1.29 is 0 Å². The Labute approximate surface area is 147 Å². The van der Waals surface area contributed by atoms with Crippen molar-refractivity contribution in [2.45, 2.75) is 13.5 Å². The van der Waals surface area contributed by atoms with Crippen LogP contribution >= 0.6 is 0 Å². The number of nitrogens with zero attached hydrogens (tertiary/aromatic N) is 6. The lowest BCUT2D eigenvalue weighted by Crippen LogP contribution is -2.46. The highest BCUT2D eigenvalue weighted by atomic mass is 15.6. The van der Waals surface area contributed by atoms with Crippen molar-refractivity contribution >= 4 is 5.95 Å². The summed E-state index contributed by atoms with van der Waals surface area (Å²) in [5, 5.41) is 12.3. The van der Waals surface area contributed by atoms with Crippen LogP contribution < -0.4 is 4.90 Å². The minimum atomic E-state index is 0.821. The summed E-state index contributed by atoms with van der Waals surface area (Å²) in [6.45, 7) is 7.02. The van der Waals surface area contributed by atoms with E-state index in [1.165, 1.54) is 11.1 Å². The molecule has 25 heavy (non-hydrogen) atoms. The zero-order valence-electron chi connectivity index (χ0n) is 14.4. The van der Waals surface area contributed by atoms with Crippen molar-refractivity contribution in [3.05, 3.63) is 65.7 Å². The Bertz CT molecular complexity index is 821. The van der Waals surface area contributed by atoms with Crippen LogP contribution in [0.1, 0.15) is 11.1 Å². The summed E-state index contributed by atoms with van der Waals surface area (Å²) in [6.07, 6.45) is 0. The molecule has 2 heterocycles. The van der Waals surface area contributed by atoms with Gasteiger partial charge in [-0.25, -0.2) is 0 Å². The first-order chi connectivity index (χ1) is 12.3. The van der Waals surface area contributed by atoms with E-state index in [1.54, 1.807) is 0 Å². The van der Waals surface area contributed by atoms with Crippen LogP contribution in [-0.2, 0) is 6.54 Å². The molecule has 6 nitrogen and oxygen atoms in total. The summed E-state index contributed by atoms with van der Waals surface area (Å²) in [4.78, 5) is 4.75. The SMILES string of the molecule is Cc1cccc(CN2CCN(c3nnnn3-c3ccccc3)CC2)c1. The molecule has 1 aliphatic heterocycles. The first-order valence-electron chi connectivity index (χ1n) is 8.66. The molecule has 0 N–H and O–H groups in total. The number of aryl methyl sites for hydroxylation is 1. The lowest BCUT2D eigenvalue weighted by molar-refractivity contribution is 0.248. The average Bonchev–Trinajstić information content (AvgIpc) is 3.13. The van der Waals surface area contributed by atoms with Gasteiger partial charge >= 0.3 is 0 Å². The molecule has 1 aliphatic rings. The van der Waals surface area contributed by atoms with Crippen LogP contribution in [0.5, 0.6) is 0 Å². The predicted octanol–water partition coefficient (Wildman–Crippen LogP) is 2.29. The van der Waals surface area contributed by atoms with Gasteiger partial charge in [0.2, 0.25) is 5.95 Å². The van der Waals surface area contributed by atoms with Crippen molar-refractivity contribution in [2.75, 3.05) is 31.1 Å². The number of anilines is 1. The number of para-hydroxylation sites is 1. The van der Waals surface area contributed by atoms with Crippen LogP contribution in [0, 0.1) is 6.92 Å². The minimum Gasteiger partial charge on any atom is -0.337 e. The van der Waals surface area contributed by atoms with Gasteiger partial charge in [0.15, 0.2) is 0 Å². The van der Waals surface area contributed by atoms with Gasteiger partial charge in [0.1, 0.15) is 0 Å². The predicted molar refractivity (Wildman–Crippen MR) is 97.8 cm³/mol. The van der Waals surface area contributed by atoms with Crippen LogP contribution in [-0.4, -0.2) is 51.3 Å². The van der Waals surface area contributed by atoms with Gasteiger partial charge in [0.05, 0.1) is 5.69 Å². The van der Waals surface area contributed by atoms with Crippen LogP contribution in [0.4, 0.5) is 5.95 Å². The van der Waals surface area contributed by atoms with Gasteiger partial charge in [-0.05, 0) is 35.0 Å². The maximum atomic E-state index is 4.25. The molecule has 0 unspecified atom stereocenters. The zero-order valence-corrected chi connectivity index (χ0v) is 14.4. The van der Waals surface area contributed by atoms with Crippen LogP contribution in [0.3, 0.4) is 0 Å². The molecule has 1 saturated heterocycles. The third-order valence-corrected chi connectivity index (χ3v) is 4.60. The molecule has 0 bridgehead atoms. The van der Waals surface area contributed by atoms with E-state index in [-0.39, 0.29) is 0 Å². The zero-order chi connectivity index (χ0) is 17.1. The Morgan fingerprint density at radius 3 is 2.48 bits per heavy atom. The fourth-order valence-electron chi connectivity index (χ4n) is 3.29. The largest absolute Gasteiger partial charge is 0.337 e. The first-order valence-corrected chi connectivity index (χ1v) is 8.66. The second-order valence-electron chi connectivity index (χ2n) is 6.48. The van der Waals surface area contributed by atoms with E-state index in [1.807, 2.05) is 35.0 Å². The molecule has 0 atom stereocenters. The van der Waals surface area contributed by atoms with E-state index in [2.05, 4.69) is 56.5 Å². The lowest BCUT2D eigenvalue weighted by atomic mass is 10.1. The molecule has 2 aromatic carbocycles. The van der Waals surface area contributed by atoms with Gasteiger partial charge in [-0.2, -0.15) is 4.68 Å². The molecule has 3 aromatic rings. The monoisotopic (exact) mass is 334 g/mol.